The SMILES string of the molecule is N#CC(O)c1ccc(F)c(Oc2ccccc2)c1. The van der Waals surface area contributed by atoms with Crippen LogP contribution in [0.5, 0.6) is 11.5 Å². The molecule has 2 rings (SSSR count). The molecule has 2 aromatic carbocycles. The topological polar surface area (TPSA) is 53.2 Å². The Kier molecular flexibility index (Phi) is 3.56. The number of aliphatic hydroxyl groups excluding tert-OH is 1. The highest BCUT2D eigenvalue weighted by Gasteiger charge is 2.11. The fraction of sp³-hybridized carbons (Fsp3) is 0.0714. The quantitative estimate of drug-likeness (QED) is 0.842. The van der Waals surface area contributed by atoms with Crippen LogP contribution in [0.2, 0.25) is 0 Å². The Morgan fingerprint density at radius 3 is 2.56 bits per heavy atom. The molecule has 0 aliphatic rings. The van der Waals surface area contributed by atoms with Crippen molar-refractivity contribution >= 4 is 0 Å². The molecule has 0 heterocycles. The number of para-hydroxylation sites is 1. The van der Waals surface area contributed by atoms with Crippen molar-refractivity contribution in [1.82, 2.24) is 0 Å². The number of aliphatic hydroxyl groups is 1. The summed E-state index contributed by atoms with van der Waals surface area (Å²) in [5.41, 5.74) is 0.296. The van der Waals surface area contributed by atoms with E-state index >= 15 is 0 Å². The zero-order valence-electron chi connectivity index (χ0n) is 9.38. The zero-order chi connectivity index (χ0) is 13.0. The van der Waals surface area contributed by atoms with Gasteiger partial charge in [0.15, 0.2) is 17.7 Å². The summed E-state index contributed by atoms with van der Waals surface area (Å²) in [6, 6.07) is 14.2. The number of benzene rings is 2. The average molecular weight is 243 g/mol. The first kappa shape index (κ1) is 12.1. The molecule has 4 heteroatoms. The van der Waals surface area contributed by atoms with Gasteiger partial charge in [-0.25, -0.2) is 4.39 Å². The second-order valence-corrected chi connectivity index (χ2v) is 3.64. The zero-order valence-corrected chi connectivity index (χ0v) is 9.38. The maximum atomic E-state index is 13.5. The lowest BCUT2D eigenvalue weighted by atomic mass is 10.1. The van der Waals surface area contributed by atoms with Crippen LogP contribution in [0, 0.1) is 17.1 Å². The van der Waals surface area contributed by atoms with E-state index in [0.717, 1.165) is 6.07 Å². The van der Waals surface area contributed by atoms with Crippen LogP contribution >= 0.6 is 0 Å². The van der Waals surface area contributed by atoms with Gasteiger partial charge >= 0.3 is 0 Å². The molecule has 0 aromatic heterocycles. The van der Waals surface area contributed by atoms with Crippen LogP contribution in [0.15, 0.2) is 48.5 Å². The molecule has 0 spiro atoms. The minimum Gasteiger partial charge on any atom is -0.454 e. The lowest BCUT2D eigenvalue weighted by Crippen LogP contribution is -1.96. The van der Waals surface area contributed by atoms with Crippen molar-refractivity contribution < 1.29 is 14.2 Å². The molecule has 1 N–H and O–H groups in total. The third-order valence-electron chi connectivity index (χ3n) is 2.36. The Morgan fingerprint density at radius 1 is 1.17 bits per heavy atom. The van der Waals surface area contributed by atoms with Gasteiger partial charge in [-0.1, -0.05) is 24.3 Å². The van der Waals surface area contributed by atoms with Gasteiger partial charge in [0.1, 0.15) is 5.75 Å². The third kappa shape index (κ3) is 2.65. The standard InChI is InChI=1S/C14H10FNO2/c15-12-7-6-10(13(17)9-16)8-14(12)18-11-4-2-1-3-5-11/h1-8,13,17H. The predicted octanol–water partition coefficient (Wildman–Crippen LogP) is 3.17. The lowest BCUT2D eigenvalue weighted by Gasteiger charge is -2.09. The summed E-state index contributed by atoms with van der Waals surface area (Å²) in [5.74, 6) is -0.0826. The van der Waals surface area contributed by atoms with Gasteiger partial charge in [-0.3, -0.25) is 0 Å². The van der Waals surface area contributed by atoms with Gasteiger partial charge in [0.05, 0.1) is 6.07 Å². The predicted molar refractivity (Wildman–Crippen MR) is 63.5 cm³/mol. The molecule has 0 radical (unpaired) electrons. The highest BCUT2D eigenvalue weighted by Crippen LogP contribution is 2.27. The maximum Gasteiger partial charge on any atom is 0.166 e. The lowest BCUT2D eigenvalue weighted by molar-refractivity contribution is 0.235. The molecule has 2 aromatic rings. The summed E-state index contributed by atoms with van der Waals surface area (Å²) in [7, 11) is 0. The summed E-state index contributed by atoms with van der Waals surface area (Å²) in [5, 5.41) is 18.0. The molecule has 0 saturated heterocycles. The van der Waals surface area contributed by atoms with Gasteiger partial charge < -0.3 is 9.84 Å². The van der Waals surface area contributed by atoms with Crippen LogP contribution in [0.3, 0.4) is 0 Å². The average Bonchev–Trinajstić information content (AvgIpc) is 2.41. The van der Waals surface area contributed by atoms with Crippen molar-refractivity contribution in [3.8, 4) is 17.6 Å². The molecular formula is C14H10FNO2. The van der Waals surface area contributed by atoms with E-state index in [4.69, 9.17) is 10.00 Å². The fourth-order valence-corrected chi connectivity index (χ4v) is 1.46. The van der Waals surface area contributed by atoms with Crippen molar-refractivity contribution in [2.75, 3.05) is 0 Å². The molecule has 0 amide bonds. The summed E-state index contributed by atoms with van der Waals surface area (Å²) >= 11 is 0. The van der Waals surface area contributed by atoms with Gasteiger partial charge in [0.2, 0.25) is 0 Å². The number of rotatable bonds is 3. The molecule has 1 unspecified atom stereocenters. The summed E-state index contributed by atoms with van der Waals surface area (Å²) in [6.45, 7) is 0. The van der Waals surface area contributed by atoms with E-state index in [1.165, 1.54) is 12.1 Å². The number of nitrogens with zero attached hydrogens (tertiary/aromatic N) is 1. The molecule has 0 aliphatic heterocycles. The second kappa shape index (κ2) is 5.30. The fourth-order valence-electron chi connectivity index (χ4n) is 1.46. The van der Waals surface area contributed by atoms with E-state index in [2.05, 4.69) is 0 Å². The Labute approximate surface area is 104 Å². The smallest absolute Gasteiger partial charge is 0.166 e. The molecule has 0 bridgehead atoms. The molecule has 1 atom stereocenters. The number of halogens is 1. The molecule has 3 nitrogen and oxygen atoms in total. The highest BCUT2D eigenvalue weighted by molar-refractivity contribution is 5.37. The second-order valence-electron chi connectivity index (χ2n) is 3.64. The Bertz CT molecular complexity index is 578. The number of nitriles is 1. The van der Waals surface area contributed by atoms with E-state index in [1.807, 2.05) is 6.07 Å². The van der Waals surface area contributed by atoms with Crippen LogP contribution in [0.4, 0.5) is 4.39 Å². The first-order chi connectivity index (χ1) is 8.70. The van der Waals surface area contributed by atoms with Crippen molar-refractivity contribution in [2.24, 2.45) is 0 Å². The van der Waals surface area contributed by atoms with E-state index in [1.54, 1.807) is 30.3 Å². The van der Waals surface area contributed by atoms with E-state index < -0.39 is 11.9 Å². The summed E-state index contributed by atoms with van der Waals surface area (Å²) < 4.78 is 18.9. The van der Waals surface area contributed by atoms with Crippen molar-refractivity contribution in [3.63, 3.8) is 0 Å². The largest absolute Gasteiger partial charge is 0.454 e. The Hall–Kier alpha value is -2.38. The molecule has 90 valence electrons. The van der Waals surface area contributed by atoms with Crippen LogP contribution in [0.25, 0.3) is 0 Å². The summed E-state index contributed by atoms with van der Waals surface area (Å²) in [6.07, 6.45) is -1.29. The molecule has 0 fully saturated rings. The van der Waals surface area contributed by atoms with Crippen molar-refractivity contribution in [1.29, 1.82) is 5.26 Å². The molecule has 0 saturated carbocycles. The number of hydrogen-bond donors (Lipinski definition) is 1. The van der Waals surface area contributed by atoms with E-state index in [9.17, 15) is 9.50 Å². The van der Waals surface area contributed by atoms with Gasteiger partial charge in [0.25, 0.3) is 0 Å². The number of hydrogen-bond acceptors (Lipinski definition) is 3. The van der Waals surface area contributed by atoms with Crippen LogP contribution in [0.1, 0.15) is 11.7 Å². The van der Waals surface area contributed by atoms with Gasteiger partial charge in [0, 0.05) is 0 Å². The first-order valence-corrected chi connectivity index (χ1v) is 5.31. The van der Waals surface area contributed by atoms with Crippen molar-refractivity contribution in [3.05, 3.63) is 59.9 Å². The minimum absolute atomic E-state index is 0.0204. The van der Waals surface area contributed by atoms with Crippen LogP contribution < -0.4 is 4.74 Å². The number of ether oxygens (including phenoxy) is 1. The van der Waals surface area contributed by atoms with E-state index in [0.29, 0.717) is 11.3 Å². The minimum atomic E-state index is -1.29. The highest BCUT2D eigenvalue weighted by atomic mass is 19.1. The normalized spacial score (nSPS) is 11.6. The van der Waals surface area contributed by atoms with Crippen LogP contribution in [-0.4, -0.2) is 5.11 Å². The first-order valence-electron chi connectivity index (χ1n) is 5.31. The maximum absolute atomic E-state index is 13.5. The Morgan fingerprint density at radius 2 is 1.89 bits per heavy atom. The van der Waals surface area contributed by atoms with Gasteiger partial charge in [-0.05, 0) is 29.8 Å². The van der Waals surface area contributed by atoms with Gasteiger partial charge in [-0.15, -0.1) is 0 Å². The van der Waals surface area contributed by atoms with Gasteiger partial charge in [-0.2, -0.15) is 5.26 Å². The summed E-state index contributed by atoms with van der Waals surface area (Å²) in [4.78, 5) is 0. The molecular weight excluding hydrogens is 233 g/mol. The molecule has 0 aliphatic carbocycles. The molecule has 18 heavy (non-hydrogen) atoms. The van der Waals surface area contributed by atoms with Crippen LogP contribution in [-0.2, 0) is 0 Å². The monoisotopic (exact) mass is 243 g/mol. The Balaban J connectivity index is 2.30. The third-order valence-corrected chi connectivity index (χ3v) is 2.36. The van der Waals surface area contributed by atoms with E-state index in [-0.39, 0.29) is 5.75 Å². The van der Waals surface area contributed by atoms with Crippen molar-refractivity contribution in [2.45, 2.75) is 6.10 Å².